The second-order valence-corrected chi connectivity index (χ2v) is 4.36. The fourth-order valence-corrected chi connectivity index (χ4v) is 1.82. The molecule has 0 radical (unpaired) electrons. The first-order valence-corrected chi connectivity index (χ1v) is 5.32. The molecule has 1 aliphatic rings. The lowest BCUT2D eigenvalue weighted by molar-refractivity contribution is -0.131. The third kappa shape index (κ3) is 3.06. The van der Waals surface area contributed by atoms with E-state index in [1.54, 1.807) is 0 Å². The van der Waals surface area contributed by atoms with Crippen molar-refractivity contribution in [2.45, 2.75) is 24.8 Å². The van der Waals surface area contributed by atoms with E-state index in [1.165, 1.54) is 6.42 Å². The number of amides is 1. The molecule has 0 spiro atoms. The van der Waals surface area contributed by atoms with E-state index in [2.05, 4.69) is 10.2 Å². The first-order valence-electron chi connectivity index (χ1n) is 5.32. The molecular formula is C11H18N2O3. The highest BCUT2D eigenvalue weighted by Crippen LogP contribution is 2.35. The van der Waals surface area contributed by atoms with Crippen molar-refractivity contribution >= 4 is 11.9 Å². The number of nitrogens with zero attached hydrogens (tertiary/aromatic N) is 1. The van der Waals surface area contributed by atoms with Crippen molar-refractivity contribution in [3.8, 4) is 0 Å². The van der Waals surface area contributed by atoms with Crippen LogP contribution in [0.4, 0.5) is 0 Å². The maximum absolute atomic E-state index is 11.3. The van der Waals surface area contributed by atoms with Crippen LogP contribution in [-0.4, -0.2) is 48.1 Å². The molecule has 1 rings (SSSR count). The Morgan fingerprint density at radius 1 is 1.38 bits per heavy atom. The van der Waals surface area contributed by atoms with Crippen LogP contribution in [0.3, 0.4) is 0 Å². The molecule has 0 unspecified atom stereocenters. The lowest BCUT2D eigenvalue weighted by atomic mass is 9.75. The van der Waals surface area contributed by atoms with Gasteiger partial charge in [0.1, 0.15) is 0 Å². The molecule has 0 aliphatic heterocycles. The Balaban J connectivity index is 2.39. The fraction of sp³-hybridized carbons (Fsp3) is 0.636. The summed E-state index contributed by atoms with van der Waals surface area (Å²) >= 11 is 0. The zero-order valence-corrected chi connectivity index (χ0v) is 9.69. The Bertz CT molecular complexity index is 306. The SMILES string of the molecule is CN(C)C1(CNC(=O)/C=C/C(=O)O)CCC1. The Hall–Kier alpha value is -1.36. The van der Waals surface area contributed by atoms with Crippen LogP contribution in [0.15, 0.2) is 12.2 Å². The first-order chi connectivity index (χ1) is 7.46. The van der Waals surface area contributed by atoms with Gasteiger partial charge in [-0.1, -0.05) is 0 Å². The van der Waals surface area contributed by atoms with Crippen LogP contribution >= 0.6 is 0 Å². The zero-order chi connectivity index (χ0) is 12.2. The Morgan fingerprint density at radius 3 is 2.38 bits per heavy atom. The van der Waals surface area contributed by atoms with E-state index in [1.807, 2.05) is 14.1 Å². The summed E-state index contributed by atoms with van der Waals surface area (Å²) < 4.78 is 0. The number of hydrogen-bond acceptors (Lipinski definition) is 3. The number of likely N-dealkylation sites (N-methyl/N-ethyl adjacent to an activating group) is 1. The molecule has 1 aliphatic carbocycles. The molecule has 1 fully saturated rings. The molecule has 5 nitrogen and oxygen atoms in total. The molecule has 0 bridgehead atoms. The summed E-state index contributed by atoms with van der Waals surface area (Å²) in [5.41, 5.74) is 0.0622. The van der Waals surface area contributed by atoms with Crippen LogP contribution in [0.1, 0.15) is 19.3 Å². The van der Waals surface area contributed by atoms with E-state index in [4.69, 9.17) is 5.11 Å². The molecule has 0 heterocycles. The monoisotopic (exact) mass is 226 g/mol. The molecule has 0 aromatic carbocycles. The predicted molar refractivity (Wildman–Crippen MR) is 60.1 cm³/mol. The van der Waals surface area contributed by atoms with Crippen LogP contribution in [0.25, 0.3) is 0 Å². The zero-order valence-electron chi connectivity index (χ0n) is 9.69. The maximum atomic E-state index is 11.3. The van der Waals surface area contributed by atoms with Crippen molar-refractivity contribution in [3.63, 3.8) is 0 Å². The minimum Gasteiger partial charge on any atom is -0.478 e. The second-order valence-electron chi connectivity index (χ2n) is 4.36. The van der Waals surface area contributed by atoms with Gasteiger partial charge in [0, 0.05) is 24.2 Å². The predicted octanol–water partition coefficient (Wildman–Crippen LogP) is 0.228. The number of carboxylic acid groups (broad SMARTS) is 1. The van der Waals surface area contributed by atoms with Crippen molar-refractivity contribution in [1.29, 1.82) is 0 Å². The molecule has 1 saturated carbocycles. The van der Waals surface area contributed by atoms with Gasteiger partial charge < -0.3 is 15.3 Å². The van der Waals surface area contributed by atoms with Crippen LogP contribution in [0, 0.1) is 0 Å². The molecule has 0 atom stereocenters. The summed E-state index contributed by atoms with van der Waals surface area (Å²) in [6.45, 7) is 0.572. The number of carbonyl (C=O) groups is 2. The summed E-state index contributed by atoms with van der Waals surface area (Å²) in [5, 5.41) is 11.1. The molecular weight excluding hydrogens is 208 g/mol. The summed E-state index contributed by atoms with van der Waals surface area (Å²) in [7, 11) is 4.00. The molecule has 0 aromatic rings. The van der Waals surface area contributed by atoms with E-state index < -0.39 is 5.97 Å². The van der Waals surface area contributed by atoms with Crippen LogP contribution in [0.2, 0.25) is 0 Å². The summed E-state index contributed by atoms with van der Waals surface area (Å²) in [6, 6.07) is 0. The van der Waals surface area contributed by atoms with Gasteiger partial charge in [0.05, 0.1) is 0 Å². The summed E-state index contributed by atoms with van der Waals surface area (Å²) in [5.74, 6) is -1.46. The Labute approximate surface area is 95.1 Å². The highest BCUT2D eigenvalue weighted by Gasteiger charge is 2.38. The highest BCUT2D eigenvalue weighted by molar-refractivity contribution is 5.93. The largest absolute Gasteiger partial charge is 0.478 e. The quantitative estimate of drug-likeness (QED) is 0.658. The third-order valence-electron chi connectivity index (χ3n) is 3.20. The van der Waals surface area contributed by atoms with Crippen molar-refractivity contribution in [2.75, 3.05) is 20.6 Å². The van der Waals surface area contributed by atoms with E-state index in [0.29, 0.717) is 6.54 Å². The number of hydrogen-bond donors (Lipinski definition) is 2. The number of carbonyl (C=O) groups excluding carboxylic acids is 1. The third-order valence-corrected chi connectivity index (χ3v) is 3.20. The lowest BCUT2D eigenvalue weighted by Crippen LogP contribution is -2.57. The van der Waals surface area contributed by atoms with Crippen LogP contribution in [0.5, 0.6) is 0 Å². The number of rotatable bonds is 5. The first kappa shape index (κ1) is 12.7. The van der Waals surface area contributed by atoms with E-state index in [0.717, 1.165) is 25.0 Å². The Morgan fingerprint density at radius 2 is 2.00 bits per heavy atom. The van der Waals surface area contributed by atoms with E-state index >= 15 is 0 Å². The van der Waals surface area contributed by atoms with Gasteiger partial charge in [0.2, 0.25) is 5.91 Å². The van der Waals surface area contributed by atoms with Gasteiger partial charge in [-0.05, 0) is 33.4 Å². The lowest BCUT2D eigenvalue weighted by Gasteiger charge is -2.47. The average Bonchev–Trinajstić information content (AvgIpc) is 2.12. The van der Waals surface area contributed by atoms with Gasteiger partial charge in [-0.3, -0.25) is 4.79 Å². The van der Waals surface area contributed by atoms with Gasteiger partial charge in [-0.15, -0.1) is 0 Å². The fourth-order valence-electron chi connectivity index (χ4n) is 1.82. The van der Waals surface area contributed by atoms with Crippen molar-refractivity contribution < 1.29 is 14.7 Å². The minimum absolute atomic E-state index is 0.0622. The smallest absolute Gasteiger partial charge is 0.328 e. The molecule has 16 heavy (non-hydrogen) atoms. The van der Waals surface area contributed by atoms with Crippen LogP contribution < -0.4 is 5.32 Å². The highest BCUT2D eigenvalue weighted by atomic mass is 16.4. The molecule has 5 heteroatoms. The van der Waals surface area contributed by atoms with Gasteiger partial charge in [-0.25, -0.2) is 4.79 Å². The van der Waals surface area contributed by atoms with Crippen molar-refractivity contribution in [2.24, 2.45) is 0 Å². The summed E-state index contributed by atoms with van der Waals surface area (Å²) in [4.78, 5) is 23.6. The molecule has 2 N–H and O–H groups in total. The molecule has 1 amide bonds. The van der Waals surface area contributed by atoms with Gasteiger partial charge in [0.25, 0.3) is 0 Å². The second kappa shape index (κ2) is 5.12. The molecule has 90 valence electrons. The van der Waals surface area contributed by atoms with E-state index in [9.17, 15) is 9.59 Å². The molecule has 0 aromatic heterocycles. The topological polar surface area (TPSA) is 69.6 Å². The minimum atomic E-state index is -1.11. The normalized spacial score (nSPS) is 18.4. The number of nitrogens with one attached hydrogen (secondary N) is 1. The Kier molecular flexibility index (Phi) is 4.06. The van der Waals surface area contributed by atoms with Gasteiger partial charge >= 0.3 is 5.97 Å². The standard InChI is InChI=1S/C11H18N2O3/c1-13(2)11(6-3-7-11)8-12-9(14)4-5-10(15)16/h4-5H,3,6-8H2,1-2H3,(H,12,14)(H,15,16)/b5-4+. The van der Waals surface area contributed by atoms with Crippen molar-refractivity contribution in [3.05, 3.63) is 12.2 Å². The summed E-state index contributed by atoms with van der Waals surface area (Å²) in [6.07, 6.45) is 5.22. The number of carboxylic acids is 1. The van der Waals surface area contributed by atoms with Crippen LogP contribution in [-0.2, 0) is 9.59 Å². The van der Waals surface area contributed by atoms with E-state index in [-0.39, 0.29) is 11.4 Å². The van der Waals surface area contributed by atoms with Gasteiger partial charge in [0.15, 0.2) is 0 Å². The number of aliphatic carboxylic acids is 1. The van der Waals surface area contributed by atoms with Crippen molar-refractivity contribution in [1.82, 2.24) is 10.2 Å². The van der Waals surface area contributed by atoms with Gasteiger partial charge in [-0.2, -0.15) is 0 Å². The average molecular weight is 226 g/mol. The maximum Gasteiger partial charge on any atom is 0.328 e. The molecule has 0 saturated heterocycles.